The van der Waals surface area contributed by atoms with Crippen LogP contribution in [-0.2, 0) is 13.2 Å². The van der Waals surface area contributed by atoms with Gasteiger partial charge in [-0.05, 0) is 44.2 Å². The fourth-order valence-electron chi connectivity index (χ4n) is 1.83. The molecule has 2 rings (SSSR count). The second-order valence-electron chi connectivity index (χ2n) is 4.47. The minimum absolute atomic E-state index is 0.358. The first kappa shape index (κ1) is 13.9. The Bertz CT molecular complexity index is 543. The maximum Gasteiger partial charge on any atom is 0.174 e. The number of rotatable bonds is 5. The van der Waals surface area contributed by atoms with Crippen LogP contribution in [0.15, 0.2) is 22.7 Å². The predicted molar refractivity (Wildman–Crippen MR) is 74.5 cm³/mol. The van der Waals surface area contributed by atoms with Gasteiger partial charge in [0, 0.05) is 17.6 Å². The van der Waals surface area contributed by atoms with Crippen molar-refractivity contribution >= 4 is 11.6 Å². The summed E-state index contributed by atoms with van der Waals surface area (Å²) in [6.07, 6.45) is 0. The molecule has 0 radical (unpaired) electrons. The number of nitrogens with one attached hydrogen (secondary N) is 1. The van der Waals surface area contributed by atoms with Crippen molar-refractivity contribution in [1.29, 1.82) is 0 Å². The highest BCUT2D eigenvalue weighted by Crippen LogP contribution is 2.26. The highest BCUT2D eigenvalue weighted by molar-refractivity contribution is 6.32. The molecule has 19 heavy (non-hydrogen) atoms. The van der Waals surface area contributed by atoms with Gasteiger partial charge < -0.3 is 14.6 Å². The third-order valence-corrected chi connectivity index (χ3v) is 3.35. The summed E-state index contributed by atoms with van der Waals surface area (Å²) in [4.78, 5) is 0. The van der Waals surface area contributed by atoms with Crippen LogP contribution in [0.1, 0.15) is 22.6 Å². The van der Waals surface area contributed by atoms with E-state index in [2.05, 4.69) is 10.5 Å². The van der Waals surface area contributed by atoms with Gasteiger partial charge in [0.25, 0.3) is 0 Å². The first-order valence-corrected chi connectivity index (χ1v) is 6.46. The maximum atomic E-state index is 6.11. The lowest BCUT2D eigenvalue weighted by Crippen LogP contribution is -2.04. The van der Waals surface area contributed by atoms with Gasteiger partial charge in [-0.2, -0.15) is 0 Å². The smallest absolute Gasteiger partial charge is 0.174 e. The molecule has 1 aromatic carbocycles. The molecule has 2 aromatic rings. The predicted octanol–water partition coefficient (Wildman–Crippen LogP) is 3.24. The van der Waals surface area contributed by atoms with E-state index in [1.807, 2.05) is 39.1 Å². The third-order valence-electron chi connectivity index (χ3n) is 2.76. The van der Waals surface area contributed by atoms with Crippen LogP contribution in [-0.4, -0.2) is 12.2 Å². The molecule has 0 atom stereocenters. The van der Waals surface area contributed by atoms with Gasteiger partial charge >= 0.3 is 0 Å². The molecule has 0 aliphatic rings. The molecule has 0 unspecified atom stereocenters. The highest BCUT2D eigenvalue weighted by atomic mass is 35.5. The summed E-state index contributed by atoms with van der Waals surface area (Å²) in [7, 11) is 1.87. The van der Waals surface area contributed by atoms with E-state index in [0.29, 0.717) is 18.9 Å². The fourth-order valence-corrected chi connectivity index (χ4v) is 1.94. The number of ether oxygens (including phenoxy) is 1. The van der Waals surface area contributed by atoms with Gasteiger partial charge in [-0.15, -0.1) is 0 Å². The van der Waals surface area contributed by atoms with Gasteiger partial charge in [0.05, 0.1) is 5.69 Å². The van der Waals surface area contributed by atoms with Gasteiger partial charge in [0.2, 0.25) is 0 Å². The van der Waals surface area contributed by atoms with E-state index in [1.54, 1.807) is 0 Å². The Labute approximate surface area is 117 Å². The average molecular weight is 281 g/mol. The summed E-state index contributed by atoms with van der Waals surface area (Å²) in [5.74, 6) is 1.49. The number of nitrogens with zero attached hydrogens (tertiary/aromatic N) is 1. The van der Waals surface area contributed by atoms with Crippen LogP contribution < -0.4 is 10.1 Å². The number of hydrogen-bond donors (Lipinski definition) is 1. The van der Waals surface area contributed by atoms with Gasteiger partial charge in [-0.1, -0.05) is 16.8 Å². The van der Waals surface area contributed by atoms with E-state index < -0.39 is 0 Å². The normalized spacial score (nSPS) is 10.7. The summed E-state index contributed by atoms with van der Waals surface area (Å²) in [5.41, 5.74) is 2.87. The Balaban J connectivity index is 2.01. The lowest BCUT2D eigenvalue weighted by Gasteiger charge is -2.08. The number of halogens is 1. The Morgan fingerprint density at radius 3 is 2.58 bits per heavy atom. The molecule has 0 saturated heterocycles. The molecule has 0 bridgehead atoms. The largest absolute Gasteiger partial charge is 0.486 e. The van der Waals surface area contributed by atoms with E-state index in [4.69, 9.17) is 20.9 Å². The molecule has 102 valence electrons. The number of benzene rings is 1. The first-order valence-electron chi connectivity index (χ1n) is 6.08. The van der Waals surface area contributed by atoms with E-state index in [-0.39, 0.29) is 0 Å². The van der Waals surface area contributed by atoms with Crippen molar-refractivity contribution in [3.8, 4) is 5.75 Å². The van der Waals surface area contributed by atoms with Crippen LogP contribution in [0.4, 0.5) is 0 Å². The SMILES string of the molecule is CNCc1cc(COc2cc(C)c(Cl)c(C)c2)on1. The van der Waals surface area contributed by atoms with E-state index in [0.717, 1.165) is 27.6 Å². The zero-order chi connectivity index (χ0) is 13.8. The lowest BCUT2D eigenvalue weighted by atomic mass is 10.1. The average Bonchev–Trinajstić information content (AvgIpc) is 2.81. The molecule has 5 heteroatoms. The van der Waals surface area contributed by atoms with Crippen molar-refractivity contribution in [2.45, 2.75) is 27.0 Å². The monoisotopic (exact) mass is 280 g/mol. The van der Waals surface area contributed by atoms with Gasteiger partial charge in [0.1, 0.15) is 12.4 Å². The Kier molecular flexibility index (Phi) is 4.45. The van der Waals surface area contributed by atoms with Crippen LogP contribution in [0.25, 0.3) is 0 Å². The lowest BCUT2D eigenvalue weighted by molar-refractivity contribution is 0.248. The minimum Gasteiger partial charge on any atom is -0.486 e. The standard InChI is InChI=1S/C14H17ClN2O2/c1-9-4-12(5-10(2)14(9)15)18-8-13-6-11(7-16-3)17-19-13/h4-6,16H,7-8H2,1-3H3. The van der Waals surface area contributed by atoms with Gasteiger partial charge in [-0.25, -0.2) is 0 Å². The summed E-state index contributed by atoms with van der Waals surface area (Å²) in [6, 6.07) is 5.71. The molecule has 4 nitrogen and oxygen atoms in total. The quantitative estimate of drug-likeness (QED) is 0.913. The molecule has 0 aliphatic heterocycles. The van der Waals surface area contributed by atoms with Crippen LogP contribution in [0.2, 0.25) is 5.02 Å². The molecule has 0 fully saturated rings. The zero-order valence-corrected chi connectivity index (χ0v) is 12.0. The molecule has 1 heterocycles. The van der Waals surface area contributed by atoms with Crippen LogP contribution in [0.5, 0.6) is 5.75 Å². The first-order chi connectivity index (χ1) is 9.10. The molecular formula is C14H17ClN2O2. The topological polar surface area (TPSA) is 47.3 Å². The van der Waals surface area contributed by atoms with Gasteiger partial charge in [-0.3, -0.25) is 0 Å². The Morgan fingerprint density at radius 2 is 1.95 bits per heavy atom. The summed E-state index contributed by atoms with van der Waals surface area (Å²) < 4.78 is 10.9. The molecule has 1 aromatic heterocycles. The Hall–Kier alpha value is -1.52. The number of aromatic nitrogens is 1. The molecule has 0 amide bonds. The fraction of sp³-hybridized carbons (Fsp3) is 0.357. The van der Waals surface area contributed by atoms with Crippen molar-refractivity contribution in [2.24, 2.45) is 0 Å². The van der Waals surface area contributed by atoms with Crippen LogP contribution in [0.3, 0.4) is 0 Å². The minimum atomic E-state index is 0.358. The molecule has 0 spiro atoms. The van der Waals surface area contributed by atoms with Crippen molar-refractivity contribution in [3.63, 3.8) is 0 Å². The maximum absolute atomic E-state index is 6.11. The van der Waals surface area contributed by atoms with E-state index in [9.17, 15) is 0 Å². The summed E-state index contributed by atoms with van der Waals surface area (Å²) >= 11 is 6.11. The summed E-state index contributed by atoms with van der Waals surface area (Å²) in [5, 5.41) is 7.72. The number of aryl methyl sites for hydroxylation is 2. The molecule has 0 saturated carbocycles. The van der Waals surface area contributed by atoms with Crippen molar-refractivity contribution in [3.05, 3.63) is 45.8 Å². The molecule has 1 N–H and O–H groups in total. The second kappa shape index (κ2) is 6.08. The van der Waals surface area contributed by atoms with Crippen molar-refractivity contribution < 1.29 is 9.26 Å². The number of hydrogen-bond acceptors (Lipinski definition) is 4. The van der Waals surface area contributed by atoms with Crippen LogP contribution in [0, 0.1) is 13.8 Å². The third kappa shape index (κ3) is 3.49. The molecule has 0 aliphatic carbocycles. The van der Waals surface area contributed by atoms with Crippen molar-refractivity contribution in [2.75, 3.05) is 7.05 Å². The summed E-state index contributed by atoms with van der Waals surface area (Å²) in [6.45, 7) is 4.96. The van der Waals surface area contributed by atoms with Gasteiger partial charge in [0.15, 0.2) is 5.76 Å². The second-order valence-corrected chi connectivity index (χ2v) is 4.85. The Morgan fingerprint density at radius 1 is 1.26 bits per heavy atom. The highest BCUT2D eigenvalue weighted by Gasteiger charge is 2.07. The molecular weight excluding hydrogens is 264 g/mol. The zero-order valence-electron chi connectivity index (χ0n) is 11.3. The van der Waals surface area contributed by atoms with Crippen LogP contribution >= 0.6 is 11.6 Å². The van der Waals surface area contributed by atoms with E-state index >= 15 is 0 Å². The van der Waals surface area contributed by atoms with E-state index in [1.165, 1.54) is 0 Å². The van der Waals surface area contributed by atoms with Crippen molar-refractivity contribution in [1.82, 2.24) is 10.5 Å².